The van der Waals surface area contributed by atoms with Crippen LogP contribution in [0.5, 0.6) is 0 Å². The Morgan fingerprint density at radius 1 is 1.24 bits per heavy atom. The molecule has 0 aromatic carbocycles. The molecule has 1 saturated heterocycles. The van der Waals surface area contributed by atoms with Gasteiger partial charge in [-0.15, -0.1) is 16.6 Å². The Kier molecular flexibility index (Phi) is 7.14. The number of carbonyl (C=O) groups excluding carboxylic acids is 2. The zero-order valence-electron chi connectivity index (χ0n) is 18.1. The first kappa shape index (κ1) is 22.9. The van der Waals surface area contributed by atoms with Crippen molar-refractivity contribution in [2.75, 3.05) is 29.9 Å². The highest BCUT2D eigenvalue weighted by Crippen LogP contribution is 2.24. The predicted molar refractivity (Wildman–Crippen MR) is 127 cm³/mol. The van der Waals surface area contributed by atoms with E-state index in [0.29, 0.717) is 10.7 Å². The highest BCUT2D eigenvalue weighted by atomic mass is 32.1. The number of terminal acetylenes is 1. The lowest BCUT2D eigenvalue weighted by molar-refractivity contribution is 0.143. The molecule has 0 spiro atoms. The normalized spacial score (nSPS) is 13.7. The summed E-state index contributed by atoms with van der Waals surface area (Å²) < 4.78 is 4.91. The van der Waals surface area contributed by atoms with Crippen molar-refractivity contribution in [3.8, 4) is 23.6 Å². The molecule has 174 valence electrons. The Labute approximate surface area is 199 Å². The highest BCUT2D eigenvalue weighted by molar-refractivity contribution is 7.15. The van der Waals surface area contributed by atoms with Crippen molar-refractivity contribution in [1.29, 1.82) is 0 Å². The van der Waals surface area contributed by atoms with Gasteiger partial charge >= 0.3 is 12.1 Å². The fourth-order valence-electron chi connectivity index (χ4n) is 3.46. The van der Waals surface area contributed by atoms with E-state index < -0.39 is 18.2 Å². The average Bonchev–Trinajstić information content (AvgIpc) is 3.54. The molecule has 1 aliphatic heterocycles. The van der Waals surface area contributed by atoms with Gasteiger partial charge in [-0.05, 0) is 43.0 Å². The van der Waals surface area contributed by atoms with Gasteiger partial charge in [0.25, 0.3) is 0 Å². The van der Waals surface area contributed by atoms with Gasteiger partial charge in [0, 0.05) is 24.8 Å². The summed E-state index contributed by atoms with van der Waals surface area (Å²) in [6.07, 6.45) is 8.30. The molecule has 0 saturated carbocycles. The van der Waals surface area contributed by atoms with Crippen LogP contribution in [0.1, 0.15) is 29.6 Å². The summed E-state index contributed by atoms with van der Waals surface area (Å²) in [5.41, 5.74) is 7.18. The summed E-state index contributed by atoms with van der Waals surface area (Å²) in [5, 5.41) is 13.3. The molecular formula is C22H22N8O3S. The molecule has 3 aromatic rings. The molecule has 1 atom stereocenters. The van der Waals surface area contributed by atoms with Crippen molar-refractivity contribution < 1.29 is 14.3 Å². The van der Waals surface area contributed by atoms with Crippen LogP contribution in [0.4, 0.5) is 20.5 Å². The summed E-state index contributed by atoms with van der Waals surface area (Å²) in [4.78, 5) is 35.0. The third kappa shape index (κ3) is 5.76. The number of nitrogens with zero attached hydrogens (tertiary/aromatic N) is 5. The Balaban J connectivity index is 1.48. The van der Waals surface area contributed by atoms with Gasteiger partial charge in [0.2, 0.25) is 5.13 Å². The molecule has 4 rings (SSSR count). The number of primary amides is 1. The second-order valence-corrected chi connectivity index (χ2v) is 8.36. The minimum Gasteiger partial charge on any atom is -0.447 e. The lowest BCUT2D eigenvalue weighted by Gasteiger charge is -2.18. The van der Waals surface area contributed by atoms with Crippen LogP contribution >= 0.6 is 11.3 Å². The lowest BCUT2D eigenvalue weighted by atomic mass is 10.1. The van der Waals surface area contributed by atoms with Crippen molar-refractivity contribution in [3.05, 3.63) is 47.2 Å². The summed E-state index contributed by atoms with van der Waals surface area (Å²) >= 11 is 1.05. The minimum atomic E-state index is -0.963. The van der Waals surface area contributed by atoms with Crippen LogP contribution in [0.25, 0.3) is 11.3 Å². The molecular weight excluding hydrogens is 456 g/mol. The number of rotatable bonds is 7. The number of amides is 3. The third-order valence-electron chi connectivity index (χ3n) is 5.07. The van der Waals surface area contributed by atoms with Gasteiger partial charge < -0.3 is 20.7 Å². The zero-order chi connectivity index (χ0) is 23.9. The van der Waals surface area contributed by atoms with Crippen LogP contribution in [0.2, 0.25) is 0 Å². The molecule has 3 amide bonds. The van der Waals surface area contributed by atoms with Crippen LogP contribution in [0.3, 0.4) is 0 Å². The molecule has 0 bridgehead atoms. The van der Waals surface area contributed by atoms with Crippen molar-refractivity contribution in [2.24, 2.45) is 5.73 Å². The molecule has 4 heterocycles. The Bertz CT molecular complexity index is 1200. The van der Waals surface area contributed by atoms with E-state index in [1.54, 1.807) is 12.3 Å². The molecule has 0 radical (unpaired) electrons. The molecule has 4 N–H and O–H groups in total. The minimum absolute atomic E-state index is 0.205. The van der Waals surface area contributed by atoms with Gasteiger partial charge in [0.1, 0.15) is 18.5 Å². The number of anilines is 2. The third-order valence-corrected chi connectivity index (χ3v) is 5.84. The first-order valence-electron chi connectivity index (χ1n) is 10.5. The molecule has 11 nitrogen and oxygen atoms in total. The van der Waals surface area contributed by atoms with E-state index in [-0.39, 0.29) is 11.7 Å². The number of hydrogen-bond donors (Lipinski definition) is 3. The van der Waals surface area contributed by atoms with Crippen LogP contribution in [-0.2, 0) is 4.74 Å². The second-order valence-electron chi connectivity index (χ2n) is 7.38. The average molecular weight is 479 g/mol. The van der Waals surface area contributed by atoms with Crippen LogP contribution < -0.4 is 21.3 Å². The number of hydrogen-bond acceptors (Lipinski definition) is 9. The maximum absolute atomic E-state index is 12.4. The quantitative estimate of drug-likeness (QED) is 0.439. The smallest absolute Gasteiger partial charge is 0.404 e. The van der Waals surface area contributed by atoms with E-state index in [1.165, 1.54) is 12.8 Å². The highest BCUT2D eigenvalue weighted by Gasteiger charge is 2.20. The molecule has 1 fully saturated rings. The van der Waals surface area contributed by atoms with E-state index in [2.05, 4.69) is 36.6 Å². The van der Waals surface area contributed by atoms with Gasteiger partial charge in [-0.2, -0.15) is 0 Å². The monoisotopic (exact) mass is 478 g/mol. The fraction of sp³-hybridized carbons (Fsp3) is 0.273. The van der Waals surface area contributed by atoms with E-state index in [0.717, 1.165) is 41.5 Å². The van der Waals surface area contributed by atoms with Gasteiger partial charge in [0.15, 0.2) is 5.01 Å². The topological polar surface area (TPSA) is 148 Å². The number of pyridine rings is 2. The Morgan fingerprint density at radius 3 is 2.74 bits per heavy atom. The molecule has 1 aliphatic rings. The first-order chi connectivity index (χ1) is 16.5. The first-order valence-corrected chi connectivity index (χ1v) is 11.3. The summed E-state index contributed by atoms with van der Waals surface area (Å²) in [7, 11) is 0. The van der Waals surface area contributed by atoms with E-state index >= 15 is 0 Å². The maximum Gasteiger partial charge on any atom is 0.404 e. The van der Waals surface area contributed by atoms with Crippen LogP contribution in [0.15, 0.2) is 36.5 Å². The summed E-state index contributed by atoms with van der Waals surface area (Å²) in [6, 6.07) is 8.12. The fourth-order valence-corrected chi connectivity index (χ4v) is 4.01. The molecule has 0 unspecified atom stereocenters. The molecule has 0 aliphatic carbocycles. The second kappa shape index (κ2) is 10.6. The van der Waals surface area contributed by atoms with Gasteiger partial charge in [0.05, 0.1) is 11.4 Å². The lowest BCUT2D eigenvalue weighted by Crippen LogP contribution is -2.36. The standard InChI is InChI=1S/C22H22N8O3S/c1-2-19-28-29-22(34-19)27-21(32)26-17(13-33-20(23)31)16-9-8-14(12-24-16)15-6-5-7-18(25-15)30-10-3-4-11-30/h1,5-9,12,17H,3-4,10-11,13H2,(H2,23,31)(H2,26,27,29,32)/t17-/m0/s1. The predicted octanol–water partition coefficient (Wildman–Crippen LogP) is 2.53. The van der Waals surface area contributed by atoms with Crippen molar-refractivity contribution in [3.63, 3.8) is 0 Å². The molecule has 3 aromatic heterocycles. The number of nitrogens with two attached hydrogens (primary N) is 1. The SMILES string of the molecule is C#Cc1nnc(NC(=O)N[C@@H](COC(N)=O)c2ccc(-c3cccc(N4CCCC4)n3)cn2)s1. The molecule has 12 heteroatoms. The van der Waals surface area contributed by atoms with Crippen molar-refractivity contribution in [1.82, 2.24) is 25.5 Å². The maximum atomic E-state index is 12.4. The van der Waals surface area contributed by atoms with Gasteiger partial charge in [-0.25, -0.2) is 14.6 Å². The van der Waals surface area contributed by atoms with Crippen molar-refractivity contribution in [2.45, 2.75) is 18.9 Å². The number of aromatic nitrogens is 4. The Hall–Kier alpha value is -4.24. The van der Waals surface area contributed by atoms with E-state index in [4.69, 9.17) is 21.9 Å². The van der Waals surface area contributed by atoms with Crippen LogP contribution in [-0.4, -0.2) is 52.0 Å². The Morgan fingerprint density at radius 2 is 2.06 bits per heavy atom. The summed E-state index contributed by atoms with van der Waals surface area (Å²) in [5.74, 6) is 3.28. The summed E-state index contributed by atoms with van der Waals surface area (Å²) in [6.45, 7) is 1.80. The van der Waals surface area contributed by atoms with Gasteiger partial charge in [-0.3, -0.25) is 10.3 Å². The number of urea groups is 1. The molecule has 34 heavy (non-hydrogen) atoms. The number of ether oxygens (including phenoxy) is 1. The zero-order valence-corrected chi connectivity index (χ0v) is 18.9. The largest absolute Gasteiger partial charge is 0.447 e. The number of carbonyl (C=O) groups is 2. The van der Waals surface area contributed by atoms with Gasteiger partial charge in [-0.1, -0.05) is 17.4 Å². The van der Waals surface area contributed by atoms with E-state index in [1.807, 2.05) is 24.3 Å². The van der Waals surface area contributed by atoms with Crippen molar-refractivity contribution >= 4 is 34.4 Å². The number of nitrogens with one attached hydrogen (secondary N) is 2. The van der Waals surface area contributed by atoms with Crippen LogP contribution in [0, 0.1) is 12.3 Å². The van der Waals surface area contributed by atoms with E-state index in [9.17, 15) is 9.59 Å².